The lowest BCUT2D eigenvalue weighted by Crippen LogP contribution is -2.61. The number of rotatable bonds is 5. The van der Waals surface area contributed by atoms with Gasteiger partial charge in [0.25, 0.3) is 0 Å². The lowest BCUT2D eigenvalue weighted by molar-refractivity contribution is 0.00327. The van der Waals surface area contributed by atoms with Crippen molar-refractivity contribution in [3.63, 3.8) is 0 Å². The first-order chi connectivity index (χ1) is 7.91. The van der Waals surface area contributed by atoms with Crippen LogP contribution in [0.5, 0.6) is 0 Å². The van der Waals surface area contributed by atoms with Crippen molar-refractivity contribution >= 4 is 0 Å². The van der Waals surface area contributed by atoms with Crippen LogP contribution in [0.25, 0.3) is 0 Å². The van der Waals surface area contributed by atoms with Crippen molar-refractivity contribution < 1.29 is 0 Å². The van der Waals surface area contributed by atoms with Crippen molar-refractivity contribution in [1.29, 1.82) is 0 Å². The van der Waals surface area contributed by atoms with E-state index < -0.39 is 0 Å². The van der Waals surface area contributed by atoms with Crippen LogP contribution in [0.4, 0.5) is 0 Å². The molecule has 3 nitrogen and oxygen atoms in total. The Bertz CT molecular complexity index is 218. The summed E-state index contributed by atoms with van der Waals surface area (Å²) >= 11 is 0. The van der Waals surface area contributed by atoms with Crippen molar-refractivity contribution in [3.8, 4) is 0 Å². The van der Waals surface area contributed by atoms with Crippen molar-refractivity contribution in [3.05, 3.63) is 0 Å². The molecule has 1 saturated heterocycles. The summed E-state index contributed by atoms with van der Waals surface area (Å²) < 4.78 is 0. The quantitative estimate of drug-likeness (QED) is 0.796. The molecule has 2 N–H and O–H groups in total. The van der Waals surface area contributed by atoms with Crippen molar-refractivity contribution in [2.75, 3.05) is 33.2 Å². The van der Waals surface area contributed by atoms with Crippen LogP contribution in [0.1, 0.15) is 40.5 Å². The monoisotopic (exact) mass is 241 g/mol. The van der Waals surface area contributed by atoms with Gasteiger partial charge in [-0.1, -0.05) is 13.8 Å². The maximum Gasteiger partial charge on any atom is 0.0358 e. The third-order valence-corrected chi connectivity index (χ3v) is 4.09. The molecule has 1 heterocycles. The highest BCUT2D eigenvalue weighted by atomic mass is 15.3. The zero-order valence-corrected chi connectivity index (χ0v) is 12.4. The smallest absolute Gasteiger partial charge is 0.0358 e. The minimum atomic E-state index is 0.241. The van der Waals surface area contributed by atoms with Gasteiger partial charge in [0.15, 0.2) is 0 Å². The van der Waals surface area contributed by atoms with Gasteiger partial charge in [-0.25, -0.2) is 0 Å². The largest absolute Gasteiger partial charge is 0.329 e. The Morgan fingerprint density at radius 3 is 2.06 bits per heavy atom. The molecule has 0 unspecified atom stereocenters. The Kier molecular flexibility index (Phi) is 5.42. The normalized spacial score (nSPS) is 21.7. The van der Waals surface area contributed by atoms with Gasteiger partial charge in [-0.05, 0) is 52.7 Å². The molecule has 0 amide bonds. The molecule has 0 radical (unpaired) electrons. The second-order valence-corrected chi connectivity index (χ2v) is 6.37. The first-order valence-corrected chi connectivity index (χ1v) is 7.06. The minimum Gasteiger partial charge on any atom is -0.329 e. The van der Waals surface area contributed by atoms with E-state index in [1.807, 2.05) is 0 Å². The van der Waals surface area contributed by atoms with Crippen LogP contribution in [-0.2, 0) is 0 Å². The van der Waals surface area contributed by atoms with Gasteiger partial charge in [0.1, 0.15) is 0 Å². The summed E-state index contributed by atoms with van der Waals surface area (Å²) in [7, 11) is 2.21. The molecular formula is C14H31N3. The van der Waals surface area contributed by atoms with Crippen molar-refractivity contribution in [2.24, 2.45) is 11.7 Å². The maximum absolute atomic E-state index is 6.14. The Balaban J connectivity index is 2.80. The van der Waals surface area contributed by atoms with E-state index in [0.717, 1.165) is 6.54 Å². The number of nitrogens with zero attached hydrogens (tertiary/aromatic N) is 2. The van der Waals surface area contributed by atoms with E-state index >= 15 is 0 Å². The van der Waals surface area contributed by atoms with E-state index in [0.29, 0.717) is 12.0 Å². The lowest BCUT2D eigenvalue weighted by atomic mass is 9.84. The van der Waals surface area contributed by atoms with Gasteiger partial charge in [-0.3, -0.25) is 4.90 Å². The summed E-state index contributed by atoms with van der Waals surface area (Å²) in [4.78, 5) is 5.08. The maximum atomic E-state index is 6.14. The first kappa shape index (κ1) is 14.9. The molecule has 0 bridgehead atoms. The summed E-state index contributed by atoms with van der Waals surface area (Å²) in [5.74, 6) is 0.709. The molecule has 0 aromatic heterocycles. The Hall–Kier alpha value is -0.120. The highest BCUT2D eigenvalue weighted by Crippen LogP contribution is 2.30. The van der Waals surface area contributed by atoms with Crippen molar-refractivity contribution in [2.45, 2.75) is 52.1 Å². The molecule has 0 aliphatic carbocycles. The van der Waals surface area contributed by atoms with Gasteiger partial charge in [-0.15, -0.1) is 0 Å². The zero-order chi connectivity index (χ0) is 13.1. The number of nitrogens with two attached hydrogens (primary N) is 1. The van der Waals surface area contributed by atoms with Crippen LogP contribution in [0.3, 0.4) is 0 Å². The molecule has 102 valence electrons. The highest BCUT2D eigenvalue weighted by molar-refractivity contribution is 4.97. The molecular weight excluding hydrogens is 210 g/mol. The predicted octanol–water partition coefficient (Wildman–Crippen LogP) is 1.78. The summed E-state index contributed by atoms with van der Waals surface area (Å²) in [5, 5.41) is 0. The van der Waals surface area contributed by atoms with Crippen LogP contribution < -0.4 is 5.73 Å². The summed E-state index contributed by atoms with van der Waals surface area (Å²) in [6.07, 6.45) is 2.43. The van der Waals surface area contributed by atoms with Crippen LogP contribution in [0.2, 0.25) is 0 Å². The standard InChI is InChI=1S/C14H31N3/c1-12(2)10-17(13(3)4)14(11-15)6-8-16(5)9-7-14/h12-13H,6-11,15H2,1-5H3. The lowest BCUT2D eigenvalue weighted by Gasteiger charge is -2.50. The SMILES string of the molecule is CC(C)CN(C(C)C)C1(CN)CCN(C)CC1. The zero-order valence-electron chi connectivity index (χ0n) is 12.4. The molecule has 0 aromatic rings. The van der Waals surface area contributed by atoms with E-state index in [9.17, 15) is 0 Å². The molecule has 0 saturated carbocycles. The first-order valence-electron chi connectivity index (χ1n) is 7.06. The van der Waals surface area contributed by atoms with E-state index in [1.165, 1.54) is 32.5 Å². The fraction of sp³-hybridized carbons (Fsp3) is 1.00. The fourth-order valence-corrected chi connectivity index (χ4v) is 2.99. The van der Waals surface area contributed by atoms with Gasteiger partial charge >= 0.3 is 0 Å². The number of piperidine rings is 1. The number of hydrogen-bond donors (Lipinski definition) is 1. The second-order valence-electron chi connectivity index (χ2n) is 6.37. The highest BCUT2D eigenvalue weighted by Gasteiger charge is 2.39. The van der Waals surface area contributed by atoms with E-state index in [4.69, 9.17) is 5.73 Å². The molecule has 0 spiro atoms. The summed E-state index contributed by atoms with van der Waals surface area (Å²) in [6.45, 7) is 13.5. The van der Waals surface area contributed by atoms with Crippen LogP contribution in [0, 0.1) is 5.92 Å². The predicted molar refractivity (Wildman–Crippen MR) is 75.2 cm³/mol. The van der Waals surface area contributed by atoms with Gasteiger partial charge in [0.2, 0.25) is 0 Å². The van der Waals surface area contributed by atoms with Crippen LogP contribution >= 0.6 is 0 Å². The van der Waals surface area contributed by atoms with Crippen LogP contribution in [0.15, 0.2) is 0 Å². The molecule has 0 aromatic carbocycles. The number of hydrogen-bond acceptors (Lipinski definition) is 3. The second kappa shape index (κ2) is 6.17. The van der Waals surface area contributed by atoms with Crippen LogP contribution in [-0.4, -0.2) is 54.6 Å². The number of likely N-dealkylation sites (tertiary alicyclic amines) is 1. The van der Waals surface area contributed by atoms with Gasteiger partial charge in [-0.2, -0.15) is 0 Å². The fourth-order valence-electron chi connectivity index (χ4n) is 2.99. The van der Waals surface area contributed by atoms with Crippen molar-refractivity contribution in [1.82, 2.24) is 9.80 Å². The van der Waals surface area contributed by atoms with E-state index in [-0.39, 0.29) is 5.54 Å². The molecule has 1 aliphatic heterocycles. The molecule has 17 heavy (non-hydrogen) atoms. The average molecular weight is 241 g/mol. The molecule has 1 fully saturated rings. The molecule has 1 aliphatic rings. The van der Waals surface area contributed by atoms with Gasteiger partial charge < -0.3 is 10.6 Å². The van der Waals surface area contributed by atoms with E-state index in [1.54, 1.807) is 0 Å². The van der Waals surface area contributed by atoms with Gasteiger partial charge in [0, 0.05) is 24.7 Å². The minimum absolute atomic E-state index is 0.241. The summed E-state index contributed by atoms with van der Waals surface area (Å²) in [5.41, 5.74) is 6.38. The summed E-state index contributed by atoms with van der Waals surface area (Å²) in [6, 6.07) is 0.587. The Morgan fingerprint density at radius 1 is 1.18 bits per heavy atom. The third kappa shape index (κ3) is 3.67. The molecule has 1 rings (SSSR count). The topological polar surface area (TPSA) is 32.5 Å². The molecule has 3 heteroatoms. The van der Waals surface area contributed by atoms with Gasteiger partial charge in [0.05, 0.1) is 0 Å². The average Bonchev–Trinajstić information content (AvgIpc) is 2.27. The Morgan fingerprint density at radius 2 is 1.71 bits per heavy atom. The molecule has 0 atom stereocenters. The Labute approximate surface area is 107 Å². The van der Waals surface area contributed by atoms with E-state index in [2.05, 4.69) is 44.5 Å². The third-order valence-electron chi connectivity index (χ3n) is 4.09.